The van der Waals surface area contributed by atoms with Crippen molar-refractivity contribution in [1.82, 2.24) is 9.97 Å². The van der Waals surface area contributed by atoms with Crippen LogP contribution in [0.1, 0.15) is 6.92 Å². The van der Waals surface area contributed by atoms with Crippen LogP contribution in [0.3, 0.4) is 0 Å². The van der Waals surface area contributed by atoms with Crippen molar-refractivity contribution >= 4 is 22.8 Å². The van der Waals surface area contributed by atoms with Crippen molar-refractivity contribution < 1.29 is 9.53 Å². The Kier molecular flexibility index (Phi) is 3.72. The molecule has 0 amide bonds. The molecular weight excluding hydrogens is 230 g/mol. The van der Waals surface area contributed by atoms with Crippen molar-refractivity contribution in [2.75, 3.05) is 25.1 Å². The summed E-state index contributed by atoms with van der Waals surface area (Å²) in [5, 5.41) is 0. The molecule has 0 N–H and O–H groups in total. The lowest BCUT2D eigenvalue weighted by Gasteiger charge is -2.16. The van der Waals surface area contributed by atoms with E-state index in [2.05, 4.69) is 9.97 Å². The molecule has 0 spiro atoms. The predicted molar refractivity (Wildman–Crippen MR) is 69.4 cm³/mol. The molecule has 2 aromatic rings. The van der Waals surface area contributed by atoms with Crippen molar-refractivity contribution in [3.8, 4) is 0 Å². The summed E-state index contributed by atoms with van der Waals surface area (Å²) in [7, 11) is 1.79. The Balaban J connectivity index is 2.17. The van der Waals surface area contributed by atoms with Gasteiger partial charge in [0.25, 0.3) is 0 Å². The fourth-order valence-corrected chi connectivity index (χ4v) is 1.61. The SMILES string of the molecule is CCOC(=O)CN(C)c1cnc2ccccc2n1. The van der Waals surface area contributed by atoms with Crippen LogP contribution in [0.15, 0.2) is 30.5 Å². The van der Waals surface area contributed by atoms with Gasteiger partial charge in [-0.25, -0.2) is 4.98 Å². The lowest BCUT2D eigenvalue weighted by Crippen LogP contribution is -2.27. The van der Waals surface area contributed by atoms with Crippen LogP contribution in [-0.4, -0.2) is 36.1 Å². The number of nitrogens with zero attached hydrogens (tertiary/aromatic N) is 3. The zero-order chi connectivity index (χ0) is 13.0. The molecule has 1 aromatic heterocycles. The average Bonchev–Trinajstić information content (AvgIpc) is 2.38. The minimum atomic E-state index is -0.269. The van der Waals surface area contributed by atoms with E-state index < -0.39 is 0 Å². The highest BCUT2D eigenvalue weighted by Crippen LogP contribution is 2.13. The number of para-hydroxylation sites is 2. The van der Waals surface area contributed by atoms with Crippen molar-refractivity contribution in [2.24, 2.45) is 0 Å². The van der Waals surface area contributed by atoms with Crippen LogP contribution in [0, 0.1) is 0 Å². The highest BCUT2D eigenvalue weighted by molar-refractivity contribution is 5.78. The highest BCUT2D eigenvalue weighted by Gasteiger charge is 2.10. The number of ether oxygens (including phenoxy) is 1. The number of carbonyl (C=O) groups excluding carboxylic acids is 1. The number of carbonyl (C=O) groups is 1. The molecule has 0 aliphatic heterocycles. The van der Waals surface area contributed by atoms with Crippen LogP contribution in [-0.2, 0) is 9.53 Å². The maximum absolute atomic E-state index is 11.4. The molecule has 0 saturated carbocycles. The Morgan fingerprint density at radius 3 is 2.78 bits per heavy atom. The second-order valence-corrected chi connectivity index (χ2v) is 3.88. The third kappa shape index (κ3) is 2.74. The predicted octanol–water partition coefficient (Wildman–Crippen LogP) is 1.63. The summed E-state index contributed by atoms with van der Waals surface area (Å²) in [5.74, 6) is 0.386. The van der Waals surface area contributed by atoms with E-state index in [0.717, 1.165) is 11.0 Å². The average molecular weight is 245 g/mol. The van der Waals surface area contributed by atoms with E-state index in [1.165, 1.54) is 0 Å². The molecule has 0 radical (unpaired) electrons. The van der Waals surface area contributed by atoms with Gasteiger partial charge in [-0.2, -0.15) is 0 Å². The molecule has 18 heavy (non-hydrogen) atoms. The summed E-state index contributed by atoms with van der Waals surface area (Å²) in [6, 6.07) is 7.62. The van der Waals surface area contributed by atoms with E-state index in [1.54, 1.807) is 25.1 Å². The Morgan fingerprint density at radius 2 is 2.06 bits per heavy atom. The molecule has 0 bridgehead atoms. The first kappa shape index (κ1) is 12.3. The number of likely N-dealkylation sites (N-methyl/N-ethyl adjacent to an activating group) is 1. The first-order valence-electron chi connectivity index (χ1n) is 5.79. The summed E-state index contributed by atoms with van der Waals surface area (Å²) < 4.78 is 4.89. The van der Waals surface area contributed by atoms with Gasteiger partial charge in [-0.15, -0.1) is 0 Å². The van der Waals surface area contributed by atoms with Crippen LogP contribution in [0.4, 0.5) is 5.82 Å². The fraction of sp³-hybridized carbons (Fsp3) is 0.308. The lowest BCUT2D eigenvalue weighted by atomic mass is 10.3. The fourth-order valence-electron chi connectivity index (χ4n) is 1.61. The van der Waals surface area contributed by atoms with Gasteiger partial charge >= 0.3 is 5.97 Å². The first-order chi connectivity index (χ1) is 8.70. The van der Waals surface area contributed by atoms with E-state index in [1.807, 2.05) is 24.3 Å². The van der Waals surface area contributed by atoms with Crippen molar-refractivity contribution in [2.45, 2.75) is 6.92 Å². The molecule has 0 fully saturated rings. The molecule has 2 rings (SSSR count). The van der Waals surface area contributed by atoms with Gasteiger partial charge in [0.1, 0.15) is 12.4 Å². The second kappa shape index (κ2) is 5.44. The quantitative estimate of drug-likeness (QED) is 0.766. The minimum absolute atomic E-state index is 0.168. The van der Waals surface area contributed by atoms with Crippen LogP contribution < -0.4 is 4.90 Å². The molecular formula is C13H15N3O2. The maximum Gasteiger partial charge on any atom is 0.325 e. The van der Waals surface area contributed by atoms with E-state index in [-0.39, 0.29) is 12.5 Å². The topological polar surface area (TPSA) is 55.3 Å². The number of aromatic nitrogens is 2. The summed E-state index contributed by atoms with van der Waals surface area (Å²) in [5.41, 5.74) is 1.65. The summed E-state index contributed by atoms with van der Waals surface area (Å²) in [6.07, 6.45) is 1.65. The second-order valence-electron chi connectivity index (χ2n) is 3.88. The van der Waals surface area contributed by atoms with Gasteiger partial charge in [0.2, 0.25) is 0 Å². The zero-order valence-electron chi connectivity index (χ0n) is 10.5. The number of rotatable bonds is 4. The normalized spacial score (nSPS) is 10.3. The van der Waals surface area contributed by atoms with Gasteiger partial charge in [0, 0.05) is 7.05 Å². The standard InChI is InChI=1S/C13H15N3O2/c1-3-18-13(17)9-16(2)12-8-14-10-6-4-5-7-11(10)15-12/h4-8H,3,9H2,1-2H3. The molecule has 94 valence electrons. The van der Waals surface area contributed by atoms with Crippen LogP contribution in [0.25, 0.3) is 11.0 Å². The van der Waals surface area contributed by atoms with Gasteiger partial charge in [0.05, 0.1) is 23.8 Å². The van der Waals surface area contributed by atoms with Crippen molar-refractivity contribution in [1.29, 1.82) is 0 Å². The zero-order valence-corrected chi connectivity index (χ0v) is 10.5. The van der Waals surface area contributed by atoms with Crippen LogP contribution in [0.5, 0.6) is 0 Å². The van der Waals surface area contributed by atoms with Gasteiger partial charge in [-0.3, -0.25) is 9.78 Å². The number of esters is 1. The number of anilines is 1. The number of hydrogen-bond acceptors (Lipinski definition) is 5. The molecule has 0 atom stereocenters. The first-order valence-corrected chi connectivity index (χ1v) is 5.79. The molecule has 5 heteroatoms. The summed E-state index contributed by atoms with van der Waals surface area (Å²) in [4.78, 5) is 21.8. The Morgan fingerprint density at radius 1 is 1.33 bits per heavy atom. The number of benzene rings is 1. The molecule has 0 aliphatic carbocycles. The molecule has 0 saturated heterocycles. The van der Waals surface area contributed by atoms with E-state index >= 15 is 0 Å². The third-order valence-corrected chi connectivity index (χ3v) is 2.50. The maximum atomic E-state index is 11.4. The summed E-state index contributed by atoms with van der Waals surface area (Å²) >= 11 is 0. The third-order valence-electron chi connectivity index (χ3n) is 2.50. The molecule has 5 nitrogen and oxygen atoms in total. The Hall–Kier alpha value is -2.17. The van der Waals surface area contributed by atoms with E-state index in [4.69, 9.17) is 4.74 Å². The molecule has 0 aliphatic rings. The van der Waals surface area contributed by atoms with E-state index in [9.17, 15) is 4.79 Å². The largest absolute Gasteiger partial charge is 0.465 e. The number of hydrogen-bond donors (Lipinski definition) is 0. The van der Waals surface area contributed by atoms with Gasteiger partial charge in [0.15, 0.2) is 0 Å². The molecule has 1 aromatic carbocycles. The minimum Gasteiger partial charge on any atom is -0.465 e. The Bertz CT molecular complexity index is 557. The monoisotopic (exact) mass is 245 g/mol. The number of fused-ring (bicyclic) bond motifs is 1. The highest BCUT2D eigenvalue weighted by atomic mass is 16.5. The van der Waals surface area contributed by atoms with Gasteiger partial charge in [-0.05, 0) is 19.1 Å². The Labute approximate surface area is 105 Å². The van der Waals surface area contributed by atoms with Crippen LogP contribution >= 0.6 is 0 Å². The van der Waals surface area contributed by atoms with Gasteiger partial charge < -0.3 is 9.64 Å². The molecule has 1 heterocycles. The van der Waals surface area contributed by atoms with Crippen molar-refractivity contribution in [3.05, 3.63) is 30.5 Å². The molecule has 0 unspecified atom stereocenters. The lowest BCUT2D eigenvalue weighted by molar-refractivity contribution is -0.141. The smallest absolute Gasteiger partial charge is 0.325 e. The summed E-state index contributed by atoms with van der Waals surface area (Å²) in [6.45, 7) is 2.34. The van der Waals surface area contributed by atoms with Crippen molar-refractivity contribution in [3.63, 3.8) is 0 Å². The van der Waals surface area contributed by atoms with Crippen LogP contribution in [0.2, 0.25) is 0 Å². The van der Waals surface area contributed by atoms with E-state index in [0.29, 0.717) is 12.4 Å². The van der Waals surface area contributed by atoms with Gasteiger partial charge in [-0.1, -0.05) is 12.1 Å².